The van der Waals surface area contributed by atoms with Gasteiger partial charge in [0.05, 0.1) is 12.2 Å². The maximum absolute atomic E-state index is 11.5. The molecule has 1 aromatic rings. The van der Waals surface area contributed by atoms with E-state index in [0.717, 1.165) is 23.7 Å². The average molecular weight is 355 g/mol. The number of hydrogen-bond donors (Lipinski definition) is 1. The van der Waals surface area contributed by atoms with Crippen LogP contribution in [0.3, 0.4) is 0 Å². The van der Waals surface area contributed by atoms with E-state index in [4.69, 9.17) is 4.74 Å². The summed E-state index contributed by atoms with van der Waals surface area (Å²) in [6.45, 7) is 5.77. The van der Waals surface area contributed by atoms with E-state index >= 15 is 0 Å². The molecular weight excluding hydrogens is 332 g/mol. The maximum atomic E-state index is 11.5. The summed E-state index contributed by atoms with van der Waals surface area (Å²) in [5.41, 5.74) is 1.21. The van der Waals surface area contributed by atoms with E-state index < -0.39 is 0 Å². The van der Waals surface area contributed by atoms with Gasteiger partial charge in [-0.05, 0) is 37.8 Å². The molecule has 116 valence electrons. The van der Waals surface area contributed by atoms with Gasteiger partial charge >= 0.3 is 0 Å². The average Bonchev–Trinajstić information content (AvgIpc) is 2.44. The lowest BCUT2D eigenvalue weighted by Crippen LogP contribution is -2.03. The standard InChI is InChI=1S/C17H23BrO3/c1-3-8-14-11-15(13(2)19)16(20)12-17(14)21-10-7-5-4-6-9-18/h3,11-12,20H,1,4-10H2,2H3. The fourth-order valence-corrected chi connectivity index (χ4v) is 2.47. The molecule has 3 nitrogen and oxygen atoms in total. The topological polar surface area (TPSA) is 46.5 Å². The van der Waals surface area contributed by atoms with E-state index in [1.165, 1.54) is 25.8 Å². The Labute approximate surface area is 135 Å². The molecule has 0 fully saturated rings. The highest BCUT2D eigenvalue weighted by Gasteiger charge is 2.12. The summed E-state index contributed by atoms with van der Waals surface area (Å²) in [5, 5.41) is 10.9. The predicted molar refractivity (Wildman–Crippen MR) is 89.8 cm³/mol. The number of allylic oxidation sites excluding steroid dienone is 1. The summed E-state index contributed by atoms with van der Waals surface area (Å²) in [6.07, 6.45) is 6.84. The van der Waals surface area contributed by atoms with Gasteiger partial charge in [-0.2, -0.15) is 0 Å². The molecule has 1 rings (SSSR count). The first-order valence-corrected chi connectivity index (χ1v) is 8.38. The lowest BCUT2D eigenvalue weighted by molar-refractivity contribution is 0.101. The molecule has 0 aliphatic rings. The lowest BCUT2D eigenvalue weighted by atomic mass is 10.0. The number of rotatable bonds is 10. The van der Waals surface area contributed by atoms with Crippen molar-refractivity contribution in [3.63, 3.8) is 0 Å². The van der Waals surface area contributed by atoms with Crippen LogP contribution in [0.2, 0.25) is 0 Å². The van der Waals surface area contributed by atoms with Crippen LogP contribution in [0.25, 0.3) is 0 Å². The Kier molecular flexibility index (Phi) is 8.13. The molecule has 4 heteroatoms. The molecule has 1 N–H and O–H groups in total. The second-order valence-electron chi connectivity index (χ2n) is 4.98. The number of carbonyl (C=O) groups is 1. The Balaban J connectivity index is 2.69. The number of halogens is 1. The van der Waals surface area contributed by atoms with Crippen molar-refractivity contribution in [3.8, 4) is 11.5 Å². The molecule has 0 aliphatic carbocycles. The van der Waals surface area contributed by atoms with Crippen LogP contribution >= 0.6 is 15.9 Å². The molecular formula is C17H23BrO3. The molecule has 0 aliphatic heterocycles. The third kappa shape index (κ3) is 5.92. The third-order valence-corrected chi connectivity index (χ3v) is 3.77. The Bertz CT molecular complexity index is 483. The normalized spacial score (nSPS) is 10.4. The minimum atomic E-state index is -0.154. The number of phenols is 1. The van der Waals surface area contributed by atoms with Crippen LogP contribution in [0.4, 0.5) is 0 Å². The van der Waals surface area contributed by atoms with Crippen LogP contribution in [0.15, 0.2) is 24.8 Å². The van der Waals surface area contributed by atoms with Gasteiger partial charge in [0.25, 0.3) is 0 Å². The van der Waals surface area contributed by atoms with Gasteiger partial charge in [-0.15, -0.1) is 6.58 Å². The number of phenolic OH excluding ortho intramolecular Hbond substituents is 1. The highest BCUT2D eigenvalue weighted by molar-refractivity contribution is 9.09. The zero-order valence-electron chi connectivity index (χ0n) is 12.5. The van der Waals surface area contributed by atoms with E-state index in [2.05, 4.69) is 22.5 Å². The van der Waals surface area contributed by atoms with Crippen LogP contribution in [-0.2, 0) is 6.42 Å². The van der Waals surface area contributed by atoms with Crippen molar-refractivity contribution >= 4 is 21.7 Å². The van der Waals surface area contributed by atoms with Crippen LogP contribution in [0, 0.1) is 0 Å². The van der Waals surface area contributed by atoms with Gasteiger partial charge in [0.1, 0.15) is 11.5 Å². The van der Waals surface area contributed by atoms with Gasteiger partial charge in [0.2, 0.25) is 0 Å². The number of carbonyl (C=O) groups excluding carboxylic acids is 1. The monoisotopic (exact) mass is 354 g/mol. The molecule has 0 saturated carbocycles. The zero-order valence-corrected chi connectivity index (χ0v) is 14.1. The van der Waals surface area contributed by atoms with Crippen molar-refractivity contribution in [2.45, 2.75) is 39.0 Å². The van der Waals surface area contributed by atoms with Crippen molar-refractivity contribution < 1.29 is 14.6 Å². The number of aromatic hydroxyl groups is 1. The van der Waals surface area contributed by atoms with Gasteiger partial charge in [0, 0.05) is 11.4 Å². The first kappa shape index (κ1) is 17.8. The number of Topliss-reactive ketones (excluding diaryl/α,β-unsaturated/α-hetero) is 1. The maximum Gasteiger partial charge on any atom is 0.163 e. The number of alkyl halides is 1. The molecule has 0 amide bonds. The predicted octanol–water partition coefficient (Wildman–Crippen LogP) is 4.66. The number of hydrogen-bond acceptors (Lipinski definition) is 3. The van der Waals surface area contributed by atoms with Crippen molar-refractivity contribution in [3.05, 3.63) is 35.9 Å². The first-order chi connectivity index (χ1) is 10.1. The van der Waals surface area contributed by atoms with Crippen molar-refractivity contribution in [2.24, 2.45) is 0 Å². The summed E-state index contributed by atoms with van der Waals surface area (Å²) in [5.74, 6) is 0.460. The smallest absolute Gasteiger partial charge is 0.163 e. The lowest BCUT2D eigenvalue weighted by Gasteiger charge is -2.13. The summed E-state index contributed by atoms with van der Waals surface area (Å²) < 4.78 is 5.75. The van der Waals surface area contributed by atoms with Gasteiger partial charge in [-0.25, -0.2) is 0 Å². The molecule has 0 bridgehead atoms. The van der Waals surface area contributed by atoms with E-state index in [0.29, 0.717) is 24.3 Å². The van der Waals surface area contributed by atoms with E-state index in [-0.39, 0.29) is 11.5 Å². The number of unbranched alkanes of at least 4 members (excludes halogenated alkanes) is 3. The quantitative estimate of drug-likeness (QED) is 0.287. The largest absolute Gasteiger partial charge is 0.507 e. The summed E-state index contributed by atoms with van der Waals surface area (Å²) in [6, 6.07) is 3.23. The molecule has 0 unspecified atom stereocenters. The molecule has 0 spiro atoms. The number of ketones is 1. The summed E-state index contributed by atoms with van der Waals surface area (Å²) in [7, 11) is 0. The first-order valence-electron chi connectivity index (χ1n) is 7.26. The Hall–Kier alpha value is -1.29. The van der Waals surface area contributed by atoms with Crippen LogP contribution in [-0.4, -0.2) is 22.8 Å². The third-order valence-electron chi connectivity index (χ3n) is 3.21. The Morgan fingerprint density at radius 1 is 1.33 bits per heavy atom. The molecule has 0 heterocycles. The molecule has 0 aromatic heterocycles. The van der Waals surface area contributed by atoms with Crippen LogP contribution in [0.5, 0.6) is 11.5 Å². The summed E-state index contributed by atoms with van der Waals surface area (Å²) in [4.78, 5) is 11.5. The summed E-state index contributed by atoms with van der Waals surface area (Å²) >= 11 is 3.41. The number of benzene rings is 1. The second-order valence-corrected chi connectivity index (χ2v) is 5.77. The van der Waals surface area contributed by atoms with Gasteiger partial charge in [0.15, 0.2) is 5.78 Å². The highest BCUT2D eigenvalue weighted by atomic mass is 79.9. The van der Waals surface area contributed by atoms with E-state index in [9.17, 15) is 9.90 Å². The zero-order chi connectivity index (χ0) is 15.7. The van der Waals surface area contributed by atoms with Gasteiger partial charge < -0.3 is 9.84 Å². The van der Waals surface area contributed by atoms with Crippen molar-refractivity contribution in [1.82, 2.24) is 0 Å². The molecule has 0 saturated heterocycles. The second kappa shape index (κ2) is 9.61. The van der Waals surface area contributed by atoms with Crippen molar-refractivity contribution in [1.29, 1.82) is 0 Å². The minimum Gasteiger partial charge on any atom is -0.507 e. The fraction of sp³-hybridized carbons (Fsp3) is 0.471. The number of ether oxygens (including phenoxy) is 1. The van der Waals surface area contributed by atoms with Crippen LogP contribution in [0.1, 0.15) is 48.5 Å². The Morgan fingerprint density at radius 2 is 2.05 bits per heavy atom. The van der Waals surface area contributed by atoms with E-state index in [1.54, 1.807) is 12.1 Å². The van der Waals surface area contributed by atoms with Gasteiger partial charge in [-0.3, -0.25) is 4.79 Å². The molecule has 21 heavy (non-hydrogen) atoms. The molecule has 0 radical (unpaired) electrons. The SMILES string of the molecule is C=CCc1cc(C(C)=O)c(O)cc1OCCCCCCBr. The minimum absolute atomic E-state index is 0.0235. The van der Waals surface area contributed by atoms with E-state index in [1.807, 2.05) is 0 Å². The van der Waals surface area contributed by atoms with Gasteiger partial charge in [-0.1, -0.05) is 34.8 Å². The molecule has 0 atom stereocenters. The fourth-order valence-electron chi connectivity index (χ4n) is 2.08. The van der Waals surface area contributed by atoms with Crippen molar-refractivity contribution in [2.75, 3.05) is 11.9 Å². The van der Waals surface area contributed by atoms with Crippen LogP contribution < -0.4 is 4.74 Å². The highest BCUT2D eigenvalue weighted by Crippen LogP contribution is 2.29. The Morgan fingerprint density at radius 3 is 2.67 bits per heavy atom. The molecule has 1 aromatic carbocycles.